The molecule has 0 unspecified atom stereocenters. The first-order chi connectivity index (χ1) is 15.1. The predicted molar refractivity (Wildman–Crippen MR) is 115 cm³/mol. The highest BCUT2D eigenvalue weighted by molar-refractivity contribution is 7.92. The number of benzene rings is 2. The Hall–Kier alpha value is -2.98. The number of piperazine rings is 1. The van der Waals surface area contributed by atoms with Crippen LogP contribution in [0.15, 0.2) is 53.4 Å². The average Bonchev–Trinajstić information content (AvgIpc) is 2.77. The van der Waals surface area contributed by atoms with Crippen molar-refractivity contribution in [3.05, 3.63) is 64.9 Å². The molecule has 0 bridgehead atoms. The van der Waals surface area contributed by atoms with Gasteiger partial charge in [0.1, 0.15) is 5.82 Å². The molecule has 170 valence electrons. The van der Waals surface area contributed by atoms with Crippen LogP contribution in [-0.4, -0.2) is 67.5 Å². The smallest absolute Gasteiger partial charge is 0.261 e. The quantitative estimate of drug-likeness (QED) is 0.655. The summed E-state index contributed by atoms with van der Waals surface area (Å²) >= 11 is 5.91. The molecule has 1 aliphatic heterocycles. The minimum absolute atomic E-state index is 0.0750. The van der Waals surface area contributed by atoms with Crippen molar-refractivity contribution >= 4 is 39.2 Å². The lowest BCUT2D eigenvalue weighted by Crippen LogP contribution is -2.57. The molecule has 1 atom stereocenters. The number of sulfone groups is 1. The second kappa shape index (κ2) is 9.66. The first-order valence-corrected chi connectivity index (χ1v) is 11.6. The van der Waals surface area contributed by atoms with Gasteiger partial charge in [0.05, 0.1) is 4.90 Å². The lowest BCUT2D eigenvalue weighted by molar-refractivity contribution is -0.138. The maximum absolute atomic E-state index is 13.3. The first kappa shape index (κ1) is 23.7. The fourth-order valence-electron chi connectivity index (χ4n) is 3.27. The lowest BCUT2D eigenvalue weighted by Gasteiger charge is -2.36. The van der Waals surface area contributed by atoms with Gasteiger partial charge in [0.2, 0.25) is 21.1 Å². The summed E-state index contributed by atoms with van der Waals surface area (Å²) in [7, 11) is -4.41. The highest BCUT2D eigenvalue weighted by Crippen LogP contribution is 2.19. The topological polar surface area (TPSA) is 104 Å². The summed E-state index contributed by atoms with van der Waals surface area (Å²) in [5, 5.41) is 0.619. The van der Waals surface area contributed by atoms with Crippen LogP contribution in [0.2, 0.25) is 5.02 Å². The molecule has 8 nitrogen and oxygen atoms in total. The Balaban J connectivity index is 1.92. The summed E-state index contributed by atoms with van der Waals surface area (Å²) in [6, 6.07) is 9.81. The Labute approximate surface area is 189 Å². The van der Waals surface area contributed by atoms with Crippen LogP contribution in [0, 0.1) is 5.82 Å². The van der Waals surface area contributed by atoms with Crippen molar-refractivity contribution in [1.82, 2.24) is 15.1 Å². The SMILES string of the molecule is CC(=O)N1CCN(C(=O)[C@@H](NC(=O)c2cccc(Cl)c2)S(=O)(=O)c2ccc(F)cc2)CC1. The number of carbonyl (C=O) groups is 3. The zero-order valence-corrected chi connectivity index (χ0v) is 18.7. The third-order valence-electron chi connectivity index (χ3n) is 5.06. The van der Waals surface area contributed by atoms with Gasteiger partial charge < -0.3 is 15.1 Å². The van der Waals surface area contributed by atoms with Crippen LogP contribution in [0.5, 0.6) is 0 Å². The Morgan fingerprint density at radius 1 is 1.00 bits per heavy atom. The van der Waals surface area contributed by atoms with Gasteiger partial charge in [0.25, 0.3) is 11.8 Å². The molecule has 1 fully saturated rings. The Morgan fingerprint density at radius 3 is 2.16 bits per heavy atom. The second-order valence-corrected chi connectivity index (χ2v) is 9.66. The van der Waals surface area contributed by atoms with Gasteiger partial charge in [-0.2, -0.15) is 0 Å². The van der Waals surface area contributed by atoms with Gasteiger partial charge in [0.15, 0.2) is 0 Å². The van der Waals surface area contributed by atoms with Crippen LogP contribution in [0.3, 0.4) is 0 Å². The molecule has 1 saturated heterocycles. The summed E-state index contributed by atoms with van der Waals surface area (Å²) in [6.07, 6.45) is 0. The van der Waals surface area contributed by atoms with Crippen molar-refractivity contribution in [2.75, 3.05) is 26.2 Å². The van der Waals surface area contributed by atoms with E-state index in [4.69, 9.17) is 11.6 Å². The molecule has 2 aromatic rings. The van der Waals surface area contributed by atoms with Gasteiger partial charge in [-0.1, -0.05) is 17.7 Å². The van der Waals surface area contributed by atoms with E-state index in [0.29, 0.717) is 0 Å². The largest absolute Gasteiger partial charge is 0.339 e. The number of amides is 3. The van der Waals surface area contributed by atoms with E-state index in [1.807, 2.05) is 0 Å². The maximum atomic E-state index is 13.3. The van der Waals surface area contributed by atoms with Crippen LogP contribution in [0.25, 0.3) is 0 Å². The summed E-state index contributed by atoms with van der Waals surface area (Å²) in [4.78, 5) is 40.0. The van der Waals surface area contributed by atoms with Gasteiger partial charge in [0, 0.05) is 43.7 Å². The van der Waals surface area contributed by atoms with Crippen LogP contribution >= 0.6 is 11.6 Å². The van der Waals surface area contributed by atoms with E-state index in [1.54, 1.807) is 6.07 Å². The van der Waals surface area contributed by atoms with Gasteiger partial charge in [-0.3, -0.25) is 14.4 Å². The number of carbonyl (C=O) groups excluding carboxylic acids is 3. The van der Waals surface area contributed by atoms with Gasteiger partial charge >= 0.3 is 0 Å². The number of hydrogen-bond acceptors (Lipinski definition) is 5. The molecule has 3 amide bonds. The van der Waals surface area contributed by atoms with Crippen molar-refractivity contribution in [2.45, 2.75) is 17.2 Å². The summed E-state index contributed by atoms with van der Waals surface area (Å²) in [5.74, 6) is -2.44. The highest BCUT2D eigenvalue weighted by Gasteiger charge is 2.39. The molecular formula is C21H21ClFN3O5S. The normalized spacial score (nSPS) is 15.2. The molecule has 0 saturated carbocycles. The van der Waals surface area contributed by atoms with E-state index in [1.165, 1.54) is 34.9 Å². The third-order valence-corrected chi connectivity index (χ3v) is 7.17. The van der Waals surface area contributed by atoms with E-state index < -0.39 is 32.8 Å². The van der Waals surface area contributed by atoms with Crippen LogP contribution in [-0.2, 0) is 19.4 Å². The highest BCUT2D eigenvalue weighted by atomic mass is 35.5. The summed E-state index contributed by atoms with van der Waals surface area (Å²) in [6.45, 7) is 2.12. The molecule has 2 aromatic carbocycles. The first-order valence-electron chi connectivity index (χ1n) is 9.70. The van der Waals surface area contributed by atoms with Crippen molar-refractivity contribution in [3.63, 3.8) is 0 Å². The molecule has 1 N–H and O–H groups in total. The zero-order chi connectivity index (χ0) is 23.5. The minimum Gasteiger partial charge on any atom is -0.339 e. The number of halogens is 2. The fourth-order valence-corrected chi connectivity index (χ4v) is 4.93. The van der Waals surface area contributed by atoms with Gasteiger partial charge in [-0.25, -0.2) is 12.8 Å². The number of nitrogens with zero attached hydrogens (tertiary/aromatic N) is 2. The van der Waals surface area contributed by atoms with Crippen molar-refractivity contribution in [1.29, 1.82) is 0 Å². The molecule has 1 aliphatic rings. The number of hydrogen-bond donors (Lipinski definition) is 1. The Kier molecular flexibility index (Phi) is 7.15. The predicted octanol–water partition coefficient (Wildman–Crippen LogP) is 1.70. The molecule has 1 heterocycles. The Bertz CT molecular complexity index is 1130. The Morgan fingerprint density at radius 2 is 1.59 bits per heavy atom. The molecule has 32 heavy (non-hydrogen) atoms. The molecule has 11 heteroatoms. The standard InChI is InChI=1S/C21H21ClFN3O5S/c1-14(27)25-9-11-26(12-10-25)21(29)20(24-19(28)15-3-2-4-16(22)13-15)32(30,31)18-7-5-17(23)6-8-18/h2-8,13,20H,9-12H2,1H3,(H,24,28)/t20-/m0/s1. The average molecular weight is 482 g/mol. The molecule has 3 rings (SSSR count). The van der Waals surface area contributed by atoms with Crippen LogP contribution in [0.4, 0.5) is 4.39 Å². The summed E-state index contributed by atoms with van der Waals surface area (Å²) < 4.78 is 39.8. The van der Waals surface area contributed by atoms with Gasteiger partial charge in [-0.05, 0) is 42.5 Å². The zero-order valence-electron chi connectivity index (χ0n) is 17.1. The lowest BCUT2D eigenvalue weighted by atomic mass is 10.2. The number of nitrogens with one attached hydrogen (secondary N) is 1. The number of rotatable bonds is 5. The fraction of sp³-hybridized carbons (Fsp3) is 0.286. The van der Waals surface area contributed by atoms with Crippen LogP contribution in [0.1, 0.15) is 17.3 Å². The second-order valence-electron chi connectivity index (χ2n) is 7.19. The van der Waals surface area contributed by atoms with Crippen molar-refractivity contribution in [2.24, 2.45) is 0 Å². The monoisotopic (exact) mass is 481 g/mol. The van der Waals surface area contributed by atoms with E-state index in [-0.39, 0.29) is 47.6 Å². The molecular weight excluding hydrogens is 461 g/mol. The van der Waals surface area contributed by atoms with Crippen LogP contribution < -0.4 is 5.32 Å². The van der Waals surface area contributed by atoms with Gasteiger partial charge in [-0.15, -0.1) is 0 Å². The maximum Gasteiger partial charge on any atom is 0.261 e. The van der Waals surface area contributed by atoms with E-state index in [9.17, 15) is 27.2 Å². The van der Waals surface area contributed by atoms with E-state index in [2.05, 4.69) is 5.32 Å². The minimum atomic E-state index is -4.41. The van der Waals surface area contributed by atoms with E-state index >= 15 is 0 Å². The molecule has 0 spiro atoms. The molecule has 0 radical (unpaired) electrons. The molecule has 0 aromatic heterocycles. The van der Waals surface area contributed by atoms with Crippen molar-refractivity contribution < 1.29 is 27.2 Å². The third kappa shape index (κ3) is 5.25. The summed E-state index contributed by atoms with van der Waals surface area (Å²) in [5.41, 5.74) is 0.0750. The van der Waals surface area contributed by atoms with Crippen molar-refractivity contribution in [3.8, 4) is 0 Å². The van der Waals surface area contributed by atoms with E-state index in [0.717, 1.165) is 24.3 Å². The molecule has 0 aliphatic carbocycles.